The summed E-state index contributed by atoms with van der Waals surface area (Å²) >= 11 is 0. The lowest BCUT2D eigenvalue weighted by Crippen LogP contribution is -2.10. The Morgan fingerprint density at radius 3 is 2.74 bits per heavy atom. The van der Waals surface area contributed by atoms with Crippen LogP contribution in [0.4, 0.5) is 0 Å². The summed E-state index contributed by atoms with van der Waals surface area (Å²) in [6.45, 7) is 2.57. The van der Waals surface area contributed by atoms with E-state index in [-0.39, 0.29) is 11.5 Å². The number of nitrogens with zero attached hydrogens (tertiary/aromatic N) is 4. The van der Waals surface area contributed by atoms with E-state index in [0.717, 1.165) is 0 Å². The van der Waals surface area contributed by atoms with Crippen LogP contribution >= 0.6 is 0 Å². The number of aryl methyl sites for hydroxylation is 2. The first-order valence-electron chi connectivity index (χ1n) is 5.86. The molecule has 0 radical (unpaired) electrons. The van der Waals surface area contributed by atoms with Crippen molar-refractivity contribution in [1.82, 2.24) is 19.6 Å². The average molecular weight is 262 g/mol. The highest BCUT2D eigenvalue weighted by molar-refractivity contribution is 5.97. The molecule has 0 saturated carbocycles. The van der Waals surface area contributed by atoms with Gasteiger partial charge in [-0.25, -0.2) is 4.79 Å². The van der Waals surface area contributed by atoms with Gasteiger partial charge in [-0.1, -0.05) is 5.21 Å². The van der Waals surface area contributed by atoms with E-state index < -0.39 is 5.97 Å². The van der Waals surface area contributed by atoms with Crippen LogP contribution in [-0.4, -0.2) is 36.4 Å². The van der Waals surface area contributed by atoms with Crippen LogP contribution in [0.25, 0.3) is 0 Å². The second-order valence-corrected chi connectivity index (χ2v) is 4.19. The number of aromatic carboxylic acids is 1. The van der Waals surface area contributed by atoms with Gasteiger partial charge in [0.2, 0.25) is 0 Å². The van der Waals surface area contributed by atoms with Crippen LogP contribution in [0.15, 0.2) is 24.7 Å². The highest BCUT2D eigenvalue weighted by atomic mass is 16.4. The molecule has 0 spiro atoms. The summed E-state index contributed by atoms with van der Waals surface area (Å²) < 4.78 is 3.26. The number of hydrogen-bond donors (Lipinski definition) is 1. The van der Waals surface area contributed by atoms with Crippen LogP contribution in [0.5, 0.6) is 0 Å². The minimum Gasteiger partial charge on any atom is -0.477 e. The van der Waals surface area contributed by atoms with Crippen molar-refractivity contribution in [2.75, 3.05) is 0 Å². The molecule has 2 heterocycles. The third kappa shape index (κ3) is 3.06. The quantitative estimate of drug-likeness (QED) is 0.786. The summed E-state index contributed by atoms with van der Waals surface area (Å²) in [5.41, 5.74) is 0.543. The van der Waals surface area contributed by atoms with E-state index in [1.807, 2.05) is 0 Å². The zero-order chi connectivity index (χ0) is 13.8. The maximum atomic E-state index is 11.3. The molecule has 100 valence electrons. The number of carbonyl (C=O) groups excluding carboxylic acids is 1. The summed E-state index contributed by atoms with van der Waals surface area (Å²) in [6, 6.07) is 1.40. The molecule has 0 aliphatic rings. The summed E-state index contributed by atoms with van der Waals surface area (Å²) in [5.74, 6) is -1.18. The SMILES string of the molecule is CC(=O)c1cc(C(=O)O)n(CCCn2ccnn2)c1. The number of Topliss-reactive ketones (excluding diaryl/α,β-unsaturated/α-hetero) is 1. The molecule has 0 aromatic carbocycles. The Balaban J connectivity index is 2.06. The van der Waals surface area contributed by atoms with Gasteiger partial charge >= 0.3 is 5.97 Å². The Morgan fingerprint density at radius 1 is 1.37 bits per heavy atom. The fourth-order valence-corrected chi connectivity index (χ4v) is 1.82. The molecule has 1 N–H and O–H groups in total. The van der Waals surface area contributed by atoms with E-state index in [4.69, 9.17) is 5.11 Å². The molecule has 2 aromatic heterocycles. The third-order valence-corrected chi connectivity index (χ3v) is 2.78. The average Bonchev–Trinajstić information content (AvgIpc) is 2.97. The summed E-state index contributed by atoms with van der Waals surface area (Å²) in [6.07, 6.45) is 5.61. The molecule has 0 amide bonds. The van der Waals surface area contributed by atoms with Crippen molar-refractivity contribution < 1.29 is 14.7 Å². The smallest absolute Gasteiger partial charge is 0.352 e. The summed E-state index contributed by atoms with van der Waals surface area (Å²) in [7, 11) is 0. The van der Waals surface area contributed by atoms with Crippen LogP contribution in [0.3, 0.4) is 0 Å². The predicted octanol–water partition coefficient (Wildman–Crippen LogP) is 1.07. The van der Waals surface area contributed by atoms with Crippen molar-refractivity contribution >= 4 is 11.8 Å². The van der Waals surface area contributed by atoms with Gasteiger partial charge in [-0.05, 0) is 19.4 Å². The molecule has 7 heteroatoms. The number of rotatable bonds is 6. The fraction of sp³-hybridized carbons (Fsp3) is 0.333. The van der Waals surface area contributed by atoms with E-state index in [1.54, 1.807) is 27.8 Å². The van der Waals surface area contributed by atoms with E-state index in [1.165, 1.54) is 13.0 Å². The minimum atomic E-state index is -1.03. The zero-order valence-corrected chi connectivity index (χ0v) is 10.5. The van der Waals surface area contributed by atoms with Crippen LogP contribution in [0.1, 0.15) is 34.2 Å². The van der Waals surface area contributed by atoms with Gasteiger partial charge in [0.1, 0.15) is 5.69 Å². The van der Waals surface area contributed by atoms with Gasteiger partial charge in [-0.3, -0.25) is 9.48 Å². The minimum absolute atomic E-state index is 0.129. The number of carbonyl (C=O) groups is 2. The normalized spacial score (nSPS) is 10.6. The molecule has 0 aliphatic heterocycles. The molecule has 7 nitrogen and oxygen atoms in total. The number of ketones is 1. The predicted molar refractivity (Wildman–Crippen MR) is 66.0 cm³/mol. The largest absolute Gasteiger partial charge is 0.477 e. The fourth-order valence-electron chi connectivity index (χ4n) is 1.82. The van der Waals surface area contributed by atoms with Crippen molar-refractivity contribution in [1.29, 1.82) is 0 Å². The molecule has 2 aromatic rings. The van der Waals surface area contributed by atoms with E-state index in [2.05, 4.69) is 10.3 Å². The van der Waals surface area contributed by atoms with Crippen molar-refractivity contribution in [3.05, 3.63) is 35.9 Å². The summed E-state index contributed by atoms with van der Waals surface area (Å²) in [5, 5.41) is 16.6. The highest BCUT2D eigenvalue weighted by Gasteiger charge is 2.14. The highest BCUT2D eigenvalue weighted by Crippen LogP contribution is 2.11. The van der Waals surface area contributed by atoms with E-state index in [0.29, 0.717) is 25.1 Å². The lowest BCUT2D eigenvalue weighted by molar-refractivity contribution is 0.0684. The van der Waals surface area contributed by atoms with Crippen LogP contribution in [0.2, 0.25) is 0 Å². The Labute approximate surface area is 109 Å². The van der Waals surface area contributed by atoms with Crippen molar-refractivity contribution in [2.24, 2.45) is 0 Å². The van der Waals surface area contributed by atoms with Gasteiger partial charge in [0.05, 0.1) is 6.20 Å². The number of aromatic nitrogens is 4. The Kier molecular flexibility index (Phi) is 3.74. The Morgan fingerprint density at radius 2 is 2.16 bits per heavy atom. The molecular formula is C12H14N4O3. The second-order valence-electron chi connectivity index (χ2n) is 4.19. The molecule has 0 saturated heterocycles. The first kappa shape index (κ1) is 13.0. The monoisotopic (exact) mass is 262 g/mol. The van der Waals surface area contributed by atoms with E-state index >= 15 is 0 Å². The molecule has 0 aliphatic carbocycles. The molecule has 19 heavy (non-hydrogen) atoms. The molecule has 0 fully saturated rings. The van der Waals surface area contributed by atoms with E-state index in [9.17, 15) is 9.59 Å². The van der Waals surface area contributed by atoms with Gasteiger partial charge in [0, 0.05) is 31.0 Å². The van der Waals surface area contributed by atoms with Crippen molar-refractivity contribution in [3.8, 4) is 0 Å². The van der Waals surface area contributed by atoms with Gasteiger partial charge in [0.15, 0.2) is 5.78 Å². The first-order chi connectivity index (χ1) is 9.08. The van der Waals surface area contributed by atoms with Crippen molar-refractivity contribution in [2.45, 2.75) is 26.4 Å². The van der Waals surface area contributed by atoms with Crippen LogP contribution in [-0.2, 0) is 13.1 Å². The zero-order valence-electron chi connectivity index (χ0n) is 10.5. The van der Waals surface area contributed by atoms with Crippen LogP contribution in [0, 0.1) is 0 Å². The maximum absolute atomic E-state index is 11.3. The summed E-state index contributed by atoms with van der Waals surface area (Å²) in [4.78, 5) is 22.4. The molecule has 0 atom stereocenters. The molecule has 2 rings (SSSR count). The first-order valence-corrected chi connectivity index (χ1v) is 5.86. The van der Waals surface area contributed by atoms with Gasteiger partial charge in [0.25, 0.3) is 0 Å². The lowest BCUT2D eigenvalue weighted by Gasteiger charge is -2.05. The molecule has 0 bridgehead atoms. The van der Waals surface area contributed by atoms with Gasteiger partial charge in [-0.2, -0.15) is 0 Å². The van der Waals surface area contributed by atoms with Gasteiger partial charge < -0.3 is 9.67 Å². The van der Waals surface area contributed by atoms with Gasteiger partial charge in [-0.15, -0.1) is 5.10 Å². The third-order valence-electron chi connectivity index (χ3n) is 2.78. The Hall–Kier alpha value is -2.44. The Bertz CT molecular complexity index is 586. The molecular weight excluding hydrogens is 248 g/mol. The van der Waals surface area contributed by atoms with Crippen LogP contribution < -0.4 is 0 Å². The van der Waals surface area contributed by atoms with Crippen molar-refractivity contribution in [3.63, 3.8) is 0 Å². The second kappa shape index (κ2) is 5.47. The molecule has 0 unspecified atom stereocenters. The number of carboxylic acids is 1. The number of hydrogen-bond acceptors (Lipinski definition) is 4. The topological polar surface area (TPSA) is 90.0 Å². The standard InChI is InChI=1S/C12H14N4O3/c1-9(17)10-7-11(12(18)19)15(8-10)4-2-5-16-6-3-13-14-16/h3,6-8H,2,4-5H2,1H3,(H,18,19). The lowest BCUT2D eigenvalue weighted by atomic mass is 10.2. The maximum Gasteiger partial charge on any atom is 0.352 e. The number of carboxylic acid groups (broad SMARTS) is 1.